The maximum absolute atomic E-state index is 14.1. The van der Waals surface area contributed by atoms with E-state index in [-0.39, 0.29) is 33.4 Å². The summed E-state index contributed by atoms with van der Waals surface area (Å²) in [5.41, 5.74) is 4.27. The molecule has 0 N–H and O–H groups in total. The van der Waals surface area contributed by atoms with Crippen molar-refractivity contribution in [3.8, 4) is 5.75 Å². The average Bonchev–Trinajstić information content (AvgIpc) is 3.53. The van der Waals surface area contributed by atoms with Gasteiger partial charge in [0.25, 0.3) is 5.91 Å². The number of esters is 1. The van der Waals surface area contributed by atoms with Crippen molar-refractivity contribution in [3.63, 3.8) is 0 Å². The van der Waals surface area contributed by atoms with Crippen molar-refractivity contribution in [2.24, 2.45) is 0 Å². The van der Waals surface area contributed by atoms with Crippen LogP contribution in [-0.2, 0) is 11.3 Å². The molecule has 1 atom stereocenters. The first-order valence-electron chi connectivity index (χ1n) is 13.7. The smallest absolute Gasteiger partial charge is 0.350 e. The van der Waals surface area contributed by atoms with Gasteiger partial charge in [-0.3, -0.25) is 14.5 Å². The number of aromatic nitrogens is 1. The Morgan fingerprint density at radius 1 is 1.05 bits per heavy atom. The van der Waals surface area contributed by atoms with Gasteiger partial charge in [0, 0.05) is 0 Å². The number of aryl methyl sites for hydroxylation is 3. The number of carbonyl (C=O) groups excluding carboxylic acids is 2. The summed E-state index contributed by atoms with van der Waals surface area (Å²) in [6.45, 7) is 9.55. The zero-order valence-corrected chi connectivity index (χ0v) is 24.7. The number of amides is 1. The van der Waals surface area contributed by atoms with Gasteiger partial charge in [0.1, 0.15) is 29.4 Å². The molecular formula is C34H28N2O6S. The molecule has 0 radical (unpaired) electrons. The topological polar surface area (TPSA) is 98.9 Å². The van der Waals surface area contributed by atoms with Crippen LogP contribution in [0.3, 0.4) is 0 Å². The Hall–Kier alpha value is -5.02. The van der Waals surface area contributed by atoms with Crippen LogP contribution in [0, 0.1) is 20.8 Å². The Kier molecular flexibility index (Phi) is 7.41. The molecule has 2 aromatic heterocycles. The van der Waals surface area contributed by atoms with Crippen LogP contribution in [0.2, 0.25) is 0 Å². The predicted octanol–water partition coefficient (Wildman–Crippen LogP) is 6.85. The Morgan fingerprint density at radius 3 is 2.49 bits per heavy atom. The summed E-state index contributed by atoms with van der Waals surface area (Å²) < 4.78 is 17.3. The Morgan fingerprint density at radius 2 is 1.77 bits per heavy atom. The highest BCUT2D eigenvalue weighted by Gasteiger charge is 2.45. The fourth-order valence-electron chi connectivity index (χ4n) is 5.10. The normalized spacial score (nSPS) is 14.2. The van der Waals surface area contributed by atoms with Gasteiger partial charge in [0.05, 0.1) is 22.7 Å². The first-order valence-corrected chi connectivity index (χ1v) is 14.5. The van der Waals surface area contributed by atoms with E-state index in [1.807, 2.05) is 56.3 Å². The van der Waals surface area contributed by atoms with Crippen LogP contribution in [0.5, 0.6) is 5.75 Å². The number of carbonyl (C=O) groups is 2. The van der Waals surface area contributed by atoms with Crippen molar-refractivity contribution < 1.29 is 23.5 Å². The zero-order valence-electron chi connectivity index (χ0n) is 23.9. The first-order chi connectivity index (χ1) is 20.8. The van der Waals surface area contributed by atoms with Gasteiger partial charge in [-0.05, 0) is 67.3 Å². The van der Waals surface area contributed by atoms with Crippen molar-refractivity contribution in [2.45, 2.75) is 33.4 Å². The van der Waals surface area contributed by atoms with Gasteiger partial charge in [-0.15, -0.1) is 0 Å². The van der Waals surface area contributed by atoms with Gasteiger partial charge in [0.2, 0.25) is 5.76 Å². The molecule has 3 heterocycles. The lowest BCUT2D eigenvalue weighted by molar-refractivity contribution is 0.0554. The lowest BCUT2D eigenvalue weighted by atomic mass is 9.97. The lowest BCUT2D eigenvalue weighted by Gasteiger charge is -2.22. The van der Waals surface area contributed by atoms with Crippen LogP contribution in [0.15, 0.2) is 88.6 Å². The van der Waals surface area contributed by atoms with Crippen LogP contribution < -0.4 is 15.1 Å². The molecule has 1 unspecified atom stereocenters. The number of anilines is 1. The molecule has 9 heteroatoms. The first kappa shape index (κ1) is 28.1. The maximum Gasteiger partial charge on any atom is 0.350 e. The molecule has 216 valence electrons. The molecule has 0 spiro atoms. The van der Waals surface area contributed by atoms with Gasteiger partial charge in [-0.2, -0.15) is 0 Å². The van der Waals surface area contributed by atoms with Gasteiger partial charge in [0.15, 0.2) is 10.6 Å². The molecular weight excluding hydrogens is 564 g/mol. The molecule has 0 aliphatic carbocycles. The number of hydrogen-bond acceptors (Lipinski definition) is 8. The van der Waals surface area contributed by atoms with Crippen LogP contribution in [-0.4, -0.2) is 23.5 Å². The fraction of sp³-hybridized carbons (Fsp3) is 0.176. The van der Waals surface area contributed by atoms with Gasteiger partial charge < -0.3 is 13.9 Å². The highest BCUT2D eigenvalue weighted by Crippen LogP contribution is 2.43. The molecule has 1 aliphatic heterocycles. The minimum atomic E-state index is -0.837. The van der Waals surface area contributed by atoms with Gasteiger partial charge in [-0.25, -0.2) is 9.78 Å². The highest BCUT2D eigenvalue weighted by atomic mass is 32.1. The number of fused-ring (bicyclic) bond motifs is 2. The van der Waals surface area contributed by atoms with Crippen molar-refractivity contribution in [2.75, 3.05) is 11.5 Å². The molecule has 5 aromatic rings. The van der Waals surface area contributed by atoms with Crippen molar-refractivity contribution >= 4 is 39.3 Å². The van der Waals surface area contributed by atoms with Gasteiger partial charge in [-0.1, -0.05) is 66.5 Å². The molecule has 1 aliphatic rings. The third-order valence-corrected chi connectivity index (χ3v) is 8.58. The van der Waals surface area contributed by atoms with E-state index < -0.39 is 17.9 Å². The van der Waals surface area contributed by atoms with E-state index in [9.17, 15) is 14.4 Å². The summed E-state index contributed by atoms with van der Waals surface area (Å²) in [5, 5.41) is 0.651. The SMILES string of the molecule is C=CCOC(=O)c1sc(N2C(=O)c3oc4cc(C)c(C)cc4c(=O)c3C2c2ccc(OCc3ccccc3)cc2)nc1C. The maximum atomic E-state index is 14.1. The van der Waals surface area contributed by atoms with Crippen LogP contribution in [0.4, 0.5) is 5.13 Å². The van der Waals surface area contributed by atoms with E-state index in [2.05, 4.69) is 11.6 Å². The quantitative estimate of drug-likeness (QED) is 0.144. The van der Waals surface area contributed by atoms with Crippen molar-refractivity contribution in [1.29, 1.82) is 0 Å². The van der Waals surface area contributed by atoms with E-state index in [1.165, 1.54) is 11.0 Å². The number of nitrogens with zero attached hydrogens (tertiary/aromatic N) is 2. The molecule has 0 bridgehead atoms. The monoisotopic (exact) mass is 592 g/mol. The number of rotatable bonds is 8. The van der Waals surface area contributed by atoms with E-state index in [0.717, 1.165) is 28.0 Å². The molecule has 0 fully saturated rings. The minimum absolute atomic E-state index is 0.0428. The molecule has 1 amide bonds. The summed E-state index contributed by atoms with van der Waals surface area (Å²) in [6, 6.07) is 19.8. The average molecular weight is 593 g/mol. The van der Waals surface area contributed by atoms with E-state index >= 15 is 0 Å². The second-order valence-electron chi connectivity index (χ2n) is 10.3. The number of thiazole rings is 1. The summed E-state index contributed by atoms with van der Waals surface area (Å²) in [7, 11) is 0. The summed E-state index contributed by atoms with van der Waals surface area (Å²) >= 11 is 1.03. The molecule has 0 saturated heterocycles. The molecule has 8 nitrogen and oxygen atoms in total. The number of hydrogen-bond donors (Lipinski definition) is 0. The second-order valence-corrected chi connectivity index (χ2v) is 11.3. The summed E-state index contributed by atoms with van der Waals surface area (Å²) in [4.78, 5) is 47.0. The molecule has 0 saturated carbocycles. The van der Waals surface area contributed by atoms with Crippen LogP contribution in [0.1, 0.15) is 59.8 Å². The van der Waals surface area contributed by atoms with Crippen LogP contribution in [0.25, 0.3) is 11.0 Å². The molecule has 6 rings (SSSR count). The van der Waals surface area contributed by atoms with E-state index in [0.29, 0.717) is 34.6 Å². The largest absolute Gasteiger partial charge is 0.489 e. The van der Waals surface area contributed by atoms with E-state index in [4.69, 9.17) is 13.9 Å². The number of benzene rings is 3. The highest BCUT2D eigenvalue weighted by molar-refractivity contribution is 7.17. The minimum Gasteiger partial charge on any atom is -0.489 e. The predicted molar refractivity (Wildman–Crippen MR) is 165 cm³/mol. The standard InChI is InChI=1S/C34H28N2O6S/c1-5-15-40-33(39)31-21(4)35-34(43-31)36-28(23-11-13-24(14-12-23)41-18-22-9-7-6-8-10-22)27-29(37)25-16-19(2)20(3)17-26(25)42-30(27)32(36)38/h5-14,16-17,28H,1,15,18H2,2-4H3. The molecule has 43 heavy (non-hydrogen) atoms. The lowest BCUT2D eigenvalue weighted by Crippen LogP contribution is -2.29. The fourth-order valence-corrected chi connectivity index (χ4v) is 6.09. The Labute approximate surface area is 251 Å². The third-order valence-electron chi connectivity index (χ3n) is 7.44. The van der Waals surface area contributed by atoms with Crippen molar-refractivity contribution in [3.05, 3.63) is 134 Å². The Balaban J connectivity index is 1.45. The molecule has 3 aromatic carbocycles. The van der Waals surface area contributed by atoms with Crippen LogP contribution >= 0.6 is 11.3 Å². The summed E-state index contributed by atoms with van der Waals surface area (Å²) in [6.07, 6.45) is 1.48. The number of ether oxygens (including phenoxy) is 2. The van der Waals surface area contributed by atoms with Gasteiger partial charge >= 0.3 is 5.97 Å². The third kappa shape index (κ3) is 5.12. The Bertz CT molecular complexity index is 1940. The summed E-state index contributed by atoms with van der Waals surface area (Å²) in [5.74, 6) is -0.481. The zero-order chi connectivity index (χ0) is 30.2. The van der Waals surface area contributed by atoms with E-state index in [1.54, 1.807) is 31.2 Å². The second kappa shape index (κ2) is 11.3. The van der Waals surface area contributed by atoms with Crippen molar-refractivity contribution in [1.82, 2.24) is 4.98 Å².